The van der Waals surface area contributed by atoms with E-state index in [1.807, 2.05) is 6.92 Å². The smallest absolute Gasteiger partial charge is 0.303 e. The fourth-order valence-corrected chi connectivity index (χ4v) is 3.57. The molecule has 5 nitrogen and oxygen atoms in total. The molecule has 2 aromatic rings. The molecule has 0 spiro atoms. The number of unbranched alkanes of at least 4 members (excludes halogenated alkanes) is 3. The topological polar surface area (TPSA) is 79.3 Å². The number of hydrogen-bond acceptors (Lipinski definition) is 4. The van der Waals surface area contributed by atoms with Gasteiger partial charge >= 0.3 is 5.97 Å². The summed E-state index contributed by atoms with van der Waals surface area (Å²) < 4.78 is 13.0. The summed E-state index contributed by atoms with van der Waals surface area (Å²) in [6.45, 7) is 2.38. The molecule has 1 amide bonds. The zero-order chi connectivity index (χ0) is 18.9. The number of halogens is 1. The molecule has 2 rings (SSSR count). The Balaban J connectivity index is 1.77. The summed E-state index contributed by atoms with van der Waals surface area (Å²) in [4.78, 5) is 27.8. The van der Waals surface area contributed by atoms with Gasteiger partial charge in [-0.3, -0.25) is 9.59 Å². The van der Waals surface area contributed by atoms with Gasteiger partial charge in [0.1, 0.15) is 10.7 Å². The van der Waals surface area contributed by atoms with Crippen molar-refractivity contribution in [3.8, 4) is 0 Å². The molecule has 0 bridgehead atoms. The van der Waals surface area contributed by atoms with E-state index in [1.54, 1.807) is 12.1 Å². The maximum Gasteiger partial charge on any atom is 0.303 e. The van der Waals surface area contributed by atoms with Gasteiger partial charge in [-0.1, -0.05) is 25.0 Å². The number of carbonyl (C=O) groups is 2. The minimum Gasteiger partial charge on any atom is -0.481 e. The third kappa shape index (κ3) is 6.55. The number of benzene rings is 1. The maximum atomic E-state index is 13.0. The molecular weight excluding hydrogens is 355 g/mol. The fourth-order valence-electron chi connectivity index (χ4n) is 2.55. The number of hydrogen-bond donors (Lipinski definition) is 2. The van der Waals surface area contributed by atoms with Crippen molar-refractivity contribution in [2.75, 3.05) is 6.54 Å². The number of nitrogens with one attached hydrogen (secondary N) is 1. The van der Waals surface area contributed by atoms with E-state index in [1.165, 1.54) is 23.5 Å². The summed E-state index contributed by atoms with van der Waals surface area (Å²) in [5.74, 6) is -1.17. The van der Waals surface area contributed by atoms with Crippen LogP contribution in [0.1, 0.15) is 58.0 Å². The number of nitrogens with zero attached hydrogens (tertiary/aromatic N) is 1. The Hall–Kier alpha value is -2.28. The van der Waals surface area contributed by atoms with Gasteiger partial charge in [0.15, 0.2) is 0 Å². The van der Waals surface area contributed by atoms with Crippen LogP contribution in [-0.4, -0.2) is 28.5 Å². The number of carbonyl (C=O) groups excluding carboxylic acids is 1. The molecule has 2 N–H and O–H groups in total. The van der Waals surface area contributed by atoms with Gasteiger partial charge in [0.2, 0.25) is 0 Å². The first-order valence-electron chi connectivity index (χ1n) is 8.66. The molecule has 1 heterocycles. The molecule has 0 radical (unpaired) electrons. The lowest BCUT2D eigenvalue weighted by atomic mass is 10.1. The first kappa shape index (κ1) is 20.0. The van der Waals surface area contributed by atoms with Gasteiger partial charge in [0.05, 0.1) is 10.7 Å². The summed E-state index contributed by atoms with van der Waals surface area (Å²) in [6.07, 6.45) is 4.01. The van der Waals surface area contributed by atoms with Gasteiger partial charge < -0.3 is 10.4 Å². The van der Waals surface area contributed by atoms with Crippen LogP contribution >= 0.6 is 11.3 Å². The second-order valence-corrected chi connectivity index (χ2v) is 7.22. The second kappa shape index (κ2) is 10.0. The number of thiazole rings is 1. The summed E-state index contributed by atoms with van der Waals surface area (Å²) in [6, 6.07) is 6.27. The molecule has 1 aromatic heterocycles. The second-order valence-electron chi connectivity index (χ2n) is 6.14. The van der Waals surface area contributed by atoms with Crippen LogP contribution in [-0.2, 0) is 11.2 Å². The third-order valence-electron chi connectivity index (χ3n) is 3.92. The molecule has 0 aliphatic carbocycles. The van der Waals surface area contributed by atoms with Crippen LogP contribution in [0.5, 0.6) is 0 Å². The van der Waals surface area contributed by atoms with E-state index in [0.29, 0.717) is 30.0 Å². The molecule has 0 saturated heterocycles. The average Bonchev–Trinajstić information content (AvgIpc) is 2.96. The minimum absolute atomic E-state index is 0.129. The van der Waals surface area contributed by atoms with Crippen LogP contribution in [0.4, 0.5) is 4.39 Å². The van der Waals surface area contributed by atoms with Crippen molar-refractivity contribution in [3.05, 3.63) is 51.2 Å². The zero-order valence-corrected chi connectivity index (χ0v) is 15.6. The van der Waals surface area contributed by atoms with E-state index in [2.05, 4.69) is 10.3 Å². The Kier molecular flexibility index (Phi) is 7.72. The standard InChI is InChI=1S/C19H23FN2O3S/c1-13-18(19(25)21-11-5-3-2-4-6-17(23)24)26-16(22-13)12-14-7-9-15(20)10-8-14/h7-10H,2-6,11-12H2,1H3,(H,21,25)(H,23,24). The number of aliphatic carboxylic acids is 1. The van der Waals surface area contributed by atoms with Crippen LogP contribution in [0, 0.1) is 12.7 Å². The fraction of sp³-hybridized carbons (Fsp3) is 0.421. The Bertz CT molecular complexity index is 744. The van der Waals surface area contributed by atoms with Crippen molar-refractivity contribution in [2.24, 2.45) is 0 Å². The van der Waals surface area contributed by atoms with Crippen molar-refractivity contribution in [1.29, 1.82) is 0 Å². The number of aromatic nitrogens is 1. The number of carboxylic acids is 1. The number of rotatable bonds is 10. The predicted octanol–water partition coefficient (Wildman–Crippen LogP) is 3.95. The molecule has 26 heavy (non-hydrogen) atoms. The van der Waals surface area contributed by atoms with E-state index in [4.69, 9.17) is 5.11 Å². The lowest BCUT2D eigenvalue weighted by molar-refractivity contribution is -0.137. The summed E-state index contributed by atoms with van der Waals surface area (Å²) >= 11 is 1.36. The molecule has 140 valence electrons. The van der Waals surface area contributed by atoms with Crippen LogP contribution in [0.2, 0.25) is 0 Å². The lowest BCUT2D eigenvalue weighted by Gasteiger charge is -2.03. The Morgan fingerprint density at radius 3 is 2.54 bits per heavy atom. The van der Waals surface area contributed by atoms with Gasteiger partial charge in [-0.2, -0.15) is 0 Å². The summed E-state index contributed by atoms with van der Waals surface area (Å²) in [5, 5.41) is 12.3. The highest BCUT2D eigenvalue weighted by atomic mass is 32.1. The van der Waals surface area contributed by atoms with Crippen LogP contribution in [0.25, 0.3) is 0 Å². The highest BCUT2D eigenvalue weighted by Crippen LogP contribution is 2.21. The van der Waals surface area contributed by atoms with Crippen LogP contribution < -0.4 is 5.32 Å². The molecule has 0 fully saturated rings. The molecule has 0 aliphatic rings. The number of aryl methyl sites for hydroxylation is 1. The monoisotopic (exact) mass is 378 g/mol. The predicted molar refractivity (Wildman–Crippen MR) is 99.1 cm³/mol. The van der Waals surface area contributed by atoms with Crippen molar-refractivity contribution in [2.45, 2.75) is 45.4 Å². The number of carboxylic acid groups (broad SMARTS) is 1. The van der Waals surface area contributed by atoms with Crippen molar-refractivity contribution >= 4 is 23.2 Å². The SMILES string of the molecule is Cc1nc(Cc2ccc(F)cc2)sc1C(=O)NCCCCCCC(=O)O. The Labute approximate surface area is 156 Å². The summed E-state index contributed by atoms with van der Waals surface area (Å²) in [5.41, 5.74) is 1.65. The van der Waals surface area contributed by atoms with E-state index >= 15 is 0 Å². The van der Waals surface area contributed by atoms with Gasteiger partial charge in [0.25, 0.3) is 5.91 Å². The Morgan fingerprint density at radius 1 is 1.15 bits per heavy atom. The van der Waals surface area contributed by atoms with Gasteiger partial charge in [-0.25, -0.2) is 9.37 Å². The highest BCUT2D eigenvalue weighted by Gasteiger charge is 2.15. The van der Waals surface area contributed by atoms with Gasteiger partial charge in [-0.05, 0) is 37.5 Å². The first-order valence-corrected chi connectivity index (χ1v) is 9.48. The maximum absolute atomic E-state index is 13.0. The Morgan fingerprint density at radius 2 is 1.85 bits per heavy atom. The molecule has 0 atom stereocenters. The summed E-state index contributed by atoms with van der Waals surface area (Å²) in [7, 11) is 0. The van der Waals surface area contributed by atoms with E-state index in [-0.39, 0.29) is 18.1 Å². The van der Waals surface area contributed by atoms with Crippen LogP contribution in [0.3, 0.4) is 0 Å². The average molecular weight is 378 g/mol. The normalized spacial score (nSPS) is 10.7. The van der Waals surface area contributed by atoms with Crippen LogP contribution in [0.15, 0.2) is 24.3 Å². The molecule has 0 saturated carbocycles. The number of amides is 1. The minimum atomic E-state index is -0.768. The van der Waals surface area contributed by atoms with E-state index in [9.17, 15) is 14.0 Å². The third-order valence-corrected chi connectivity index (χ3v) is 5.07. The quantitative estimate of drug-likeness (QED) is 0.614. The highest BCUT2D eigenvalue weighted by molar-refractivity contribution is 7.13. The molecule has 7 heteroatoms. The zero-order valence-electron chi connectivity index (χ0n) is 14.8. The molecule has 0 unspecified atom stereocenters. The molecule has 1 aromatic carbocycles. The van der Waals surface area contributed by atoms with Gasteiger partial charge in [0, 0.05) is 19.4 Å². The van der Waals surface area contributed by atoms with Gasteiger partial charge in [-0.15, -0.1) is 11.3 Å². The molecule has 0 aliphatic heterocycles. The lowest BCUT2D eigenvalue weighted by Crippen LogP contribution is -2.24. The van der Waals surface area contributed by atoms with E-state index < -0.39 is 5.97 Å². The largest absolute Gasteiger partial charge is 0.481 e. The van der Waals surface area contributed by atoms with Crippen molar-refractivity contribution in [1.82, 2.24) is 10.3 Å². The first-order chi connectivity index (χ1) is 12.5. The van der Waals surface area contributed by atoms with Crippen molar-refractivity contribution < 1.29 is 19.1 Å². The molecular formula is C19H23FN2O3S. The van der Waals surface area contributed by atoms with Crippen molar-refractivity contribution in [3.63, 3.8) is 0 Å². The van der Waals surface area contributed by atoms with E-state index in [0.717, 1.165) is 29.8 Å².